The smallest absolute Gasteiger partial charge is 0.255 e. The summed E-state index contributed by atoms with van der Waals surface area (Å²) in [5, 5.41) is 2.97. The van der Waals surface area contributed by atoms with Crippen LogP contribution in [-0.2, 0) is 0 Å². The van der Waals surface area contributed by atoms with E-state index in [0.717, 1.165) is 12.2 Å². The Kier molecular flexibility index (Phi) is 5.82. The Labute approximate surface area is 156 Å². The van der Waals surface area contributed by atoms with Crippen molar-refractivity contribution in [1.29, 1.82) is 0 Å². The molecule has 4 heteroatoms. The third-order valence-corrected chi connectivity index (χ3v) is 4.73. The number of benzene rings is 2. The number of hydrogen-bond acceptors (Lipinski definition) is 3. The molecule has 0 aliphatic carbocycles. The summed E-state index contributed by atoms with van der Waals surface area (Å²) in [6, 6.07) is 16.0. The Bertz CT molecular complexity index is 740. The molecule has 26 heavy (non-hydrogen) atoms. The number of ether oxygens (including phenoxy) is 1. The van der Waals surface area contributed by atoms with Gasteiger partial charge in [-0.15, -0.1) is 0 Å². The number of rotatable bonds is 5. The normalized spacial score (nSPS) is 17.2. The molecule has 2 aromatic rings. The summed E-state index contributed by atoms with van der Waals surface area (Å²) in [5.41, 5.74) is 2.62. The maximum absolute atomic E-state index is 12.5. The monoisotopic (exact) mass is 352 g/mol. The second kappa shape index (κ2) is 8.26. The van der Waals surface area contributed by atoms with Gasteiger partial charge in [0.25, 0.3) is 5.91 Å². The lowest BCUT2D eigenvalue weighted by atomic mass is 10.0. The molecule has 0 radical (unpaired) electrons. The largest absolute Gasteiger partial charge is 0.491 e. The molecule has 1 atom stereocenters. The number of piperidine rings is 1. The molecular formula is C22H28N2O2. The van der Waals surface area contributed by atoms with Crippen LogP contribution in [0.2, 0.25) is 0 Å². The van der Waals surface area contributed by atoms with Crippen LogP contribution in [0.25, 0.3) is 0 Å². The zero-order valence-electron chi connectivity index (χ0n) is 15.9. The molecular weight excluding hydrogens is 324 g/mol. The number of nitrogens with zero attached hydrogens (tertiary/aromatic N) is 1. The van der Waals surface area contributed by atoms with Crippen molar-refractivity contribution in [2.24, 2.45) is 0 Å². The molecule has 1 amide bonds. The number of nitrogens with one attached hydrogen (secondary N) is 1. The molecule has 2 aromatic carbocycles. The van der Waals surface area contributed by atoms with Gasteiger partial charge in [0.1, 0.15) is 5.75 Å². The summed E-state index contributed by atoms with van der Waals surface area (Å²) in [5.74, 6) is 0.584. The lowest BCUT2D eigenvalue weighted by Gasteiger charge is -2.35. The van der Waals surface area contributed by atoms with Crippen LogP contribution in [0.5, 0.6) is 5.75 Å². The molecule has 0 aromatic heterocycles. The number of anilines is 2. The van der Waals surface area contributed by atoms with E-state index in [1.54, 1.807) is 12.1 Å². The lowest BCUT2D eigenvalue weighted by molar-refractivity contribution is 0.102. The van der Waals surface area contributed by atoms with Crippen LogP contribution in [0.3, 0.4) is 0 Å². The molecule has 1 aliphatic heterocycles. The minimum atomic E-state index is -0.127. The summed E-state index contributed by atoms with van der Waals surface area (Å²) >= 11 is 0. The molecule has 0 bridgehead atoms. The maximum Gasteiger partial charge on any atom is 0.255 e. The van der Waals surface area contributed by atoms with E-state index in [4.69, 9.17) is 4.74 Å². The molecule has 1 N–H and O–H groups in total. The van der Waals surface area contributed by atoms with Gasteiger partial charge in [0, 0.05) is 29.5 Å². The van der Waals surface area contributed by atoms with Gasteiger partial charge in [0.2, 0.25) is 0 Å². The summed E-state index contributed by atoms with van der Waals surface area (Å²) < 4.78 is 5.66. The maximum atomic E-state index is 12.5. The van der Waals surface area contributed by atoms with Gasteiger partial charge in [0.15, 0.2) is 0 Å². The van der Waals surface area contributed by atoms with Crippen molar-refractivity contribution in [3.05, 3.63) is 54.1 Å². The topological polar surface area (TPSA) is 41.6 Å². The lowest BCUT2D eigenvalue weighted by Crippen LogP contribution is -2.37. The predicted octanol–water partition coefficient (Wildman–Crippen LogP) is 5.10. The van der Waals surface area contributed by atoms with E-state index < -0.39 is 0 Å². The van der Waals surface area contributed by atoms with E-state index in [1.165, 1.54) is 24.9 Å². The van der Waals surface area contributed by atoms with Gasteiger partial charge >= 0.3 is 0 Å². The highest BCUT2D eigenvalue weighted by atomic mass is 16.5. The number of carbonyl (C=O) groups is 1. The number of amides is 1. The fourth-order valence-corrected chi connectivity index (χ4v) is 3.40. The fourth-order valence-electron chi connectivity index (χ4n) is 3.40. The van der Waals surface area contributed by atoms with Crippen molar-refractivity contribution in [3.63, 3.8) is 0 Å². The van der Waals surface area contributed by atoms with E-state index in [2.05, 4.69) is 29.3 Å². The molecule has 0 unspecified atom stereocenters. The zero-order valence-corrected chi connectivity index (χ0v) is 15.9. The van der Waals surface area contributed by atoms with Crippen molar-refractivity contribution < 1.29 is 9.53 Å². The minimum Gasteiger partial charge on any atom is -0.491 e. The molecule has 0 saturated carbocycles. The highest BCUT2D eigenvalue weighted by molar-refractivity contribution is 6.04. The van der Waals surface area contributed by atoms with Crippen molar-refractivity contribution in [2.75, 3.05) is 16.8 Å². The van der Waals surface area contributed by atoms with E-state index in [9.17, 15) is 4.79 Å². The van der Waals surface area contributed by atoms with Crippen LogP contribution in [-0.4, -0.2) is 24.6 Å². The highest BCUT2D eigenvalue weighted by Crippen LogP contribution is 2.26. The SMILES string of the molecule is CC(C)Oc1cccc(C(=O)Nc2ccc(N3CCCC[C@H]3C)cc2)c1. The third-order valence-electron chi connectivity index (χ3n) is 4.73. The summed E-state index contributed by atoms with van der Waals surface area (Å²) in [4.78, 5) is 15.0. The first-order valence-electron chi connectivity index (χ1n) is 9.48. The van der Waals surface area contributed by atoms with E-state index in [0.29, 0.717) is 17.4 Å². The highest BCUT2D eigenvalue weighted by Gasteiger charge is 2.18. The molecule has 1 aliphatic rings. The molecule has 4 nitrogen and oxygen atoms in total. The molecule has 138 valence electrons. The third kappa shape index (κ3) is 4.57. The molecule has 1 saturated heterocycles. The summed E-state index contributed by atoms with van der Waals surface area (Å²) in [6.45, 7) is 7.32. The van der Waals surface area contributed by atoms with Gasteiger partial charge < -0.3 is 15.0 Å². The second-order valence-electron chi connectivity index (χ2n) is 7.23. The first kappa shape index (κ1) is 18.3. The summed E-state index contributed by atoms with van der Waals surface area (Å²) in [7, 11) is 0. The van der Waals surface area contributed by atoms with Crippen LogP contribution >= 0.6 is 0 Å². The van der Waals surface area contributed by atoms with Crippen LogP contribution in [0, 0.1) is 0 Å². The molecule has 3 rings (SSSR count). The number of carbonyl (C=O) groups excluding carboxylic acids is 1. The molecule has 0 spiro atoms. The van der Waals surface area contributed by atoms with Gasteiger partial charge in [-0.05, 0) is 82.5 Å². The van der Waals surface area contributed by atoms with E-state index in [-0.39, 0.29) is 12.0 Å². The zero-order chi connectivity index (χ0) is 18.5. The predicted molar refractivity (Wildman–Crippen MR) is 107 cm³/mol. The van der Waals surface area contributed by atoms with E-state index >= 15 is 0 Å². The van der Waals surface area contributed by atoms with Crippen molar-refractivity contribution in [3.8, 4) is 5.75 Å². The summed E-state index contributed by atoms with van der Waals surface area (Å²) in [6.07, 6.45) is 3.88. The Morgan fingerprint density at radius 2 is 1.92 bits per heavy atom. The Hall–Kier alpha value is -2.49. The van der Waals surface area contributed by atoms with Crippen LogP contribution in [0.1, 0.15) is 50.4 Å². The fraction of sp³-hybridized carbons (Fsp3) is 0.409. The average molecular weight is 352 g/mol. The average Bonchev–Trinajstić information content (AvgIpc) is 2.62. The van der Waals surface area contributed by atoms with Crippen molar-refractivity contribution in [1.82, 2.24) is 0 Å². The minimum absolute atomic E-state index is 0.0815. The first-order valence-corrected chi connectivity index (χ1v) is 9.48. The van der Waals surface area contributed by atoms with Gasteiger partial charge in [0.05, 0.1) is 6.10 Å². The number of hydrogen-bond donors (Lipinski definition) is 1. The van der Waals surface area contributed by atoms with Gasteiger partial charge in [-0.25, -0.2) is 0 Å². The van der Waals surface area contributed by atoms with Gasteiger partial charge in [-0.3, -0.25) is 4.79 Å². The van der Waals surface area contributed by atoms with Gasteiger partial charge in [-0.2, -0.15) is 0 Å². The van der Waals surface area contributed by atoms with E-state index in [1.807, 2.05) is 38.1 Å². The Balaban J connectivity index is 1.66. The van der Waals surface area contributed by atoms with Crippen LogP contribution in [0.4, 0.5) is 11.4 Å². The Morgan fingerprint density at radius 3 is 2.62 bits per heavy atom. The Morgan fingerprint density at radius 1 is 1.15 bits per heavy atom. The van der Waals surface area contributed by atoms with Crippen molar-refractivity contribution in [2.45, 2.75) is 52.2 Å². The second-order valence-corrected chi connectivity index (χ2v) is 7.23. The molecule has 1 heterocycles. The standard InChI is InChI=1S/C22H28N2O2/c1-16(2)26-21-9-6-8-18(15-21)22(25)23-19-10-12-20(13-11-19)24-14-5-4-7-17(24)3/h6,8-13,15-17H,4-5,7,14H2,1-3H3,(H,23,25)/t17-/m1/s1. The van der Waals surface area contributed by atoms with Crippen molar-refractivity contribution >= 4 is 17.3 Å². The van der Waals surface area contributed by atoms with Crippen LogP contribution < -0.4 is 15.0 Å². The first-order chi connectivity index (χ1) is 12.5. The quantitative estimate of drug-likeness (QED) is 0.813. The molecule has 1 fully saturated rings. The van der Waals surface area contributed by atoms with Gasteiger partial charge in [-0.1, -0.05) is 6.07 Å². The van der Waals surface area contributed by atoms with Crippen LogP contribution in [0.15, 0.2) is 48.5 Å².